The lowest BCUT2D eigenvalue weighted by Crippen LogP contribution is -2.57. The first-order valence-corrected chi connectivity index (χ1v) is 8.67. The van der Waals surface area contributed by atoms with E-state index >= 15 is 0 Å². The van der Waals surface area contributed by atoms with E-state index in [1.165, 1.54) is 12.8 Å². The molecule has 5 nitrogen and oxygen atoms in total. The van der Waals surface area contributed by atoms with Gasteiger partial charge < -0.3 is 10.6 Å². The smallest absolute Gasteiger partial charge is 0.245 e. The van der Waals surface area contributed by atoms with Gasteiger partial charge in [-0.2, -0.15) is 0 Å². The summed E-state index contributed by atoms with van der Waals surface area (Å²) < 4.78 is 0. The molecule has 1 aromatic heterocycles. The fourth-order valence-electron chi connectivity index (χ4n) is 3.23. The number of amides is 2. The van der Waals surface area contributed by atoms with Crippen LogP contribution in [0.15, 0.2) is 24.4 Å². The number of aromatic nitrogens is 1. The molecule has 3 rings (SSSR count). The van der Waals surface area contributed by atoms with Crippen LogP contribution in [-0.2, 0) is 16.0 Å². The number of carbonyl (C=O) groups is 2. The molecule has 0 unspecified atom stereocenters. The van der Waals surface area contributed by atoms with Crippen molar-refractivity contribution >= 4 is 11.8 Å². The van der Waals surface area contributed by atoms with Crippen LogP contribution >= 0.6 is 0 Å². The Morgan fingerprint density at radius 3 is 2.65 bits per heavy atom. The number of pyridine rings is 1. The van der Waals surface area contributed by atoms with Gasteiger partial charge in [0.25, 0.3) is 0 Å². The average molecular weight is 315 g/mol. The minimum absolute atomic E-state index is 0.00749. The summed E-state index contributed by atoms with van der Waals surface area (Å²) in [7, 11) is 0. The van der Waals surface area contributed by atoms with E-state index in [2.05, 4.69) is 15.6 Å². The van der Waals surface area contributed by atoms with E-state index in [4.69, 9.17) is 0 Å². The van der Waals surface area contributed by atoms with Crippen molar-refractivity contribution in [3.63, 3.8) is 0 Å². The Bertz CT molecular complexity index is 549. The van der Waals surface area contributed by atoms with E-state index in [-0.39, 0.29) is 11.8 Å². The Kier molecular flexibility index (Phi) is 4.94. The SMILES string of the molecule is O=C(CCc1ccccn1)NC1(C(=O)NCC2CC2)CCCC1. The van der Waals surface area contributed by atoms with Gasteiger partial charge in [-0.1, -0.05) is 18.9 Å². The van der Waals surface area contributed by atoms with E-state index in [1.807, 2.05) is 18.2 Å². The van der Waals surface area contributed by atoms with Crippen LogP contribution < -0.4 is 10.6 Å². The summed E-state index contributed by atoms with van der Waals surface area (Å²) in [6.45, 7) is 0.754. The molecule has 23 heavy (non-hydrogen) atoms. The van der Waals surface area contributed by atoms with Gasteiger partial charge in [0.1, 0.15) is 5.54 Å². The highest BCUT2D eigenvalue weighted by Gasteiger charge is 2.42. The molecule has 0 aliphatic heterocycles. The molecule has 5 heteroatoms. The third kappa shape index (κ3) is 4.30. The van der Waals surface area contributed by atoms with Crippen molar-refractivity contribution in [1.29, 1.82) is 0 Å². The summed E-state index contributed by atoms with van der Waals surface area (Å²) in [6.07, 6.45) is 8.62. The third-order valence-corrected chi connectivity index (χ3v) is 4.85. The molecule has 0 aromatic carbocycles. The van der Waals surface area contributed by atoms with Gasteiger partial charge in [-0.15, -0.1) is 0 Å². The maximum Gasteiger partial charge on any atom is 0.245 e. The second kappa shape index (κ2) is 7.11. The van der Waals surface area contributed by atoms with Crippen LogP contribution in [0.3, 0.4) is 0 Å². The lowest BCUT2D eigenvalue weighted by atomic mass is 9.95. The molecule has 0 radical (unpaired) electrons. The van der Waals surface area contributed by atoms with E-state index in [9.17, 15) is 9.59 Å². The van der Waals surface area contributed by atoms with Crippen molar-refractivity contribution in [3.05, 3.63) is 30.1 Å². The molecular weight excluding hydrogens is 290 g/mol. The largest absolute Gasteiger partial charge is 0.354 e. The number of hydrogen-bond acceptors (Lipinski definition) is 3. The van der Waals surface area contributed by atoms with E-state index in [1.54, 1.807) is 6.20 Å². The standard InChI is InChI=1S/C18H25N3O2/c22-16(9-8-15-5-1-4-12-19-15)21-18(10-2-3-11-18)17(23)20-13-14-6-7-14/h1,4-5,12,14H,2-3,6-11,13H2,(H,20,23)(H,21,22). The first-order valence-electron chi connectivity index (χ1n) is 8.67. The summed E-state index contributed by atoms with van der Waals surface area (Å²) in [4.78, 5) is 29.1. The van der Waals surface area contributed by atoms with Gasteiger partial charge in [0.15, 0.2) is 0 Å². The molecule has 2 N–H and O–H groups in total. The number of aryl methyl sites for hydroxylation is 1. The van der Waals surface area contributed by atoms with Gasteiger partial charge in [-0.25, -0.2) is 0 Å². The highest BCUT2D eigenvalue weighted by molar-refractivity contribution is 5.91. The topological polar surface area (TPSA) is 71.1 Å². The van der Waals surface area contributed by atoms with Crippen LogP contribution in [0, 0.1) is 5.92 Å². The summed E-state index contributed by atoms with van der Waals surface area (Å²) in [5, 5.41) is 6.07. The molecule has 2 amide bonds. The van der Waals surface area contributed by atoms with Gasteiger partial charge in [0.2, 0.25) is 11.8 Å². The predicted octanol–water partition coefficient (Wildman–Crippen LogP) is 1.97. The van der Waals surface area contributed by atoms with Gasteiger partial charge in [0, 0.05) is 24.9 Å². The summed E-state index contributed by atoms with van der Waals surface area (Å²) >= 11 is 0. The van der Waals surface area contributed by atoms with Gasteiger partial charge in [0.05, 0.1) is 0 Å². The first-order chi connectivity index (χ1) is 11.2. The average Bonchev–Trinajstić information content (AvgIpc) is 3.29. The lowest BCUT2D eigenvalue weighted by Gasteiger charge is -2.29. The van der Waals surface area contributed by atoms with E-state index in [0.29, 0.717) is 18.8 Å². The molecule has 2 aliphatic rings. The zero-order valence-electron chi connectivity index (χ0n) is 13.5. The quantitative estimate of drug-likeness (QED) is 0.808. The number of nitrogens with zero attached hydrogens (tertiary/aromatic N) is 1. The highest BCUT2D eigenvalue weighted by atomic mass is 16.2. The molecule has 1 aromatic rings. The van der Waals surface area contributed by atoms with Crippen molar-refractivity contribution in [3.8, 4) is 0 Å². The molecule has 1 heterocycles. The minimum atomic E-state index is -0.684. The Balaban J connectivity index is 1.53. The number of nitrogens with one attached hydrogen (secondary N) is 2. The van der Waals surface area contributed by atoms with Crippen LogP contribution in [0.25, 0.3) is 0 Å². The molecule has 124 valence electrons. The van der Waals surface area contributed by atoms with Gasteiger partial charge in [-0.05, 0) is 50.2 Å². The Morgan fingerprint density at radius 1 is 1.22 bits per heavy atom. The monoisotopic (exact) mass is 315 g/mol. The molecule has 0 saturated heterocycles. The van der Waals surface area contributed by atoms with Crippen LogP contribution in [0.1, 0.15) is 50.6 Å². The maximum absolute atomic E-state index is 12.6. The predicted molar refractivity (Wildman–Crippen MR) is 87.6 cm³/mol. The van der Waals surface area contributed by atoms with Gasteiger partial charge >= 0.3 is 0 Å². The summed E-state index contributed by atoms with van der Waals surface area (Å²) in [6, 6.07) is 5.70. The fourth-order valence-corrected chi connectivity index (χ4v) is 3.23. The molecule has 2 saturated carbocycles. The fraction of sp³-hybridized carbons (Fsp3) is 0.611. The Labute approximate surface area is 137 Å². The maximum atomic E-state index is 12.6. The van der Waals surface area contributed by atoms with Crippen LogP contribution in [0.2, 0.25) is 0 Å². The zero-order valence-corrected chi connectivity index (χ0v) is 13.5. The van der Waals surface area contributed by atoms with Crippen LogP contribution in [0.4, 0.5) is 0 Å². The van der Waals surface area contributed by atoms with E-state index in [0.717, 1.165) is 37.9 Å². The van der Waals surface area contributed by atoms with Crippen LogP contribution in [-0.4, -0.2) is 28.9 Å². The molecule has 2 fully saturated rings. The second-order valence-corrected chi connectivity index (χ2v) is 6.81. The van der Waals surface area contributed by atoms with Crippen molar-refractivity contribution in [2.45, 2.75) is 56.9 Å². The van der Waals surface area contributed by atoms with Crippen molar-refractivity contribution in [2.24, 2.45) is 5.92 Å². The van der Waals surface area contributed by atoms with Crippen molar-refractivity contribution < 1.29 is 9.59 Å². The summed E-state index contributed by atoms with van der Waals surface area (Å²) in [5.41, 5.74) is 0.220. The molecular formula is C18H25N3O2. The number of rotatable bonds is 7. The first kappa shape index (κ1) is 16.0. The molecule has 0 atom stereocenters. The molecule has 2 aliphatic carbocycles. The number of hydrogen-bond donors (Lipinski definition) is 2. The minimum Gasteiger partial charge on any atom is -0.354 e. The molecule has 0 bridgehead atoms. The number of carbonyl (C=O) groups excluding carboxylic acids is 2. The highest BCUT2D eigenvalue weighted by Crippen LogP contribution is 2.31. The van der Waals surface area contributed by atoms with Crippen molar-refractivity contribution in [2.75, 3.05) is 6.54 Å². The zero-order chi connectivity index (χ0) is 16.1. The Hall–Kier alpha value is -1.91. The normalized spacial score (nSPS) is 19.3. The Morgan fingerprint density at radius 2 is 2.00 bits per heavy atom. The lowest BCUT2D eigenvalue weighted by molar-refractivity contribution is -0.133. The van der Waals surface area contributed by atoms with Crippen LogP contribution in [0.5, 0.6) is 0 Å². The van der Waals surface area contributed by atoms with Crippen molar-refractivity contribution in [1.82, 2.24) is 15.6 Å². The second-order valence-electron chi connectivity index (χ2n) is 6.81. The summed E-state index contributed by atoms with van der Waals surface area (Å²) in [5.74, 6) is 0.601. The molecule has 0 spiro atoms. The van der Waals surface area contributed by atoms with Gasteiger partial charge in [-0.3, -0.25) is 14.6 Å². The third-order valence-electron chi connectivity index (χ3n) is 4.85. The van der Waals surface area contributed by atoms with E-state index < -0.39 is 5.54 Å².